The summed E-state index contributed by atoms with van der Waals surface area (Å²) in [5.41, 5.74) is 0.654. The number of carbonyl (C=O) groups excluding carboxylic acids is 1. The number of hydrogen-bond donors (Lipinski definition) is 0. The van der Waals surface area contributed by atoms with Crippen LogP contribution >= 0.6 is 15.9 Å². The second kappa shape index (κ2) is 4.61. The molecular weight excluding hydrogens is 232 g/mol. The lowest BCUT2D eigenvalue weighted by Crippen LogP contribution is -2.10. The number of furan rings is 1. The Morgan fingerprint density at radius 3 is 2.85 bits per heavy atom. The highest BCUT2D eigenvalue weighted by atomic mass is 79.9. The van der Waals surface area contributed by atoms with Crippen LogP contribution in [0.2, 0.25) is 0 Å². The van der Waals surface area contributed by atoms with Crippen molar-refractivity contribution in [1.82, 2.24) is 0 Å². The average molecular weight is 245 g/mol. The molecule has 0 aliphatic rings. The van der Waals surface area contributed by atoms with Crippen molar-refractivity contribution in [2.45, 2.75) is 26.7 Å². The summed E-state index contributed by atoms with van der Waals surface area (Å²) >= 11 is 3.20. The fraction of sp³-hybridized carbons (Fsp3) is 0.500. The average Bonchev–Trinajstić information content (AvgIpc) is 2.50. The third kappa shape index (κ3) is 2.44. The predicted molar refractivity (Wildman–Crippen MR) is 54.8 cm³/mol. The van der Waals surface area contributed by atoms with Gasteiger partial charge in [-0.1, -0.05) is 20.3 Å². The molecule has 1 atom stereocenters. The summed E-state index contributed by atoms with van der Waals surface area (Å²) in [7, 11) is 0. The quantitative estimate of drug-likeness (QED) is 0.757. The Bertz CT molecular complexity index is 291. The first kappa shape index (κ1) is 10.5. The molecule has 0 aliphatic heterocycles. The minimum atomic E-state index is 0.0823. The monoisotopic (exact) mass is 244 g/mol. The molecule has 0 N–H and O–H groups in total. The molecule has 2 nitrogen and oxygen atoms in total. The van der Waals surface area contributed by atoms with Crippen LogP contribution in [0.4, 0.5) is 0 Å². The van der Waals surface area contributed by atoms with Crippen molar-refractivity contribution in [3.8, 4) is 0 Å². The van der Waals surface area contributed by atoms with Crippen LogP contribution in [0.3, 0.4) is 0 Å². The van der Waals surface area contributed by atoms with Gasteiger partial charge in [-0.05, 0) is 28.4 Å². The number of carbonyl (C=O) groups is 1. The summed E-state index contributed by atoms with van der Waals surface area (Å²) in [6.45, 7) is 4.03. The topological polar surface area (TPSA) is 30.2 Å². The second-order valence-electron chi connectivity index (χ2n) is 3.16. The van der Waals surface area contributed by atoms with E-state index in [1.54, 1.807) is 6.07 Å². The SMILES string of the molecule is CCCC(C)C(=O)c1ccoc1Br. The number of hydrogen-bond acceptors (Lipinski definition) is 2. The lowest BCUT2D eigenvalue weighted by atomic mass is 9.97. The Kier molecular flexibility index (Phi) is 3.72. The molecule has 0 saturated carbocycles. The van der Waals surface area contributed by atoms with E-state index >= 15 is 0 Å². The maximum absolute atomic E-state index is 11.7. The molecule has 0 radical (unpaired) electrons. The van der Waals surface area contributed by atoms with Crippen molar-refractivity contribution >= 4 is 21.7 Å². The van der Waals surface area contributed by atoms with E-state index in [0.29, 0.717) is 10.2 Å². The van der Waals surface area contributed by atoms with E-state index in [1.807, 2.05) is 6.92 Å². The minimum Gasteiger partial charge on any atom is -0.457 e. The Hall–Kier alpha value is -0.570. The van der Waals surface area contributed by atoms with Crippen LogP contribution in [0.5, 0.6) is 0 Å². The predicted octanol–water partition coefficient (Wildman–Crippen LogP) is 3.66. The van der Waals surface area contributed by atoms with Gasteiger partial charge in [-0.3, -0.25) is 4.79 Å². The van der Waals surface area contributed by atoms with Gasteiger partial charge in [0.1, 0.15) is 0 Å². The Morgan fingerprint density at radius 1 is 1.69 bits per heavy atom. The van der Waals surface area contributed by atoms with Gasteiger partial charge in [0.25, 0.3) is 0 Å². The van der Waals surface area contributed by atoms with E-state index in [9.17, 15) is 4.79 Å². The Labute approximate surface area is 86.4 Å². The van der Waals surface area contributed by atoms with Crippen LogP contribution in [-0.4, -0.2) is 5.78 Å². The van der Waals surface area contributed by atoms with Crippen molar-refractivity contribution in [2.75, 3.05) is 0 Å². The molecule has 1 heterocycles. The number of Topliss-reactive ketones (excluding diaryl/α,β-unsaturated/α-hetero) is 1. The second-order valence-corrected chi connectivity index (χ2v) is 3.88. The summed E-state index contributed by atoms with van der Waals surface area (Å²) in [5.74, 6) is 0.237. The van der Waals surface area contributed by atoms with Gasteiger partial charge >= 0.3 is 0 Å². The fourth-order valence-electron chi connectivity index (χ4n) is 1.30. The molecule has 0 bridgehead atoms. The fourth-order valence-corrected chi connectivity index (χ4v) is 1.73. The van der Waals surface area contributed by atoms with Gasteiger partial charge in [0.2, 0.25) is 0 Å². The van der Waals surface area contributed by atoms with Gasteiger partial charge in [0.05, 0.1) is 11.8 Å². The smallest absolute Gasteiger partial charge is 0.179 e. The zero-order valence-corrected chi connectivity index (χ0v) is 9.43. The summed E-state index contributed by atoms with van der Waals surface area (Å²) in [6, 6.07) is 1.71. The van der Waals surface area contributed by atoms with Gasteiger partial charge in [-0.2, -0.15) is 0 Å². The van der Waals surface area contributed by atoms with Crippen molar-refractivity contribution in [1.29, 1.82) is 0 Å². The van der Waals surface area contributed by atoms with E-state index in [2.05, 4.69) is 22.9 Å². The molecule has 1 aromatic rings. The molecule has 0 aromatic carbocycles. The van der Waals surface area contributed by atoms with Crippen molar-refractivity contribution in [3.05, 3.63) is 22.6 Å². The van der Waals surface area contributed by atoms with Crippen molar-refractivity contribution in [3.63, 3.8) is 0 Å². The summed E-state index contributed by atoms with van der Waals surface area (Å²) in [6.07, 6.45) is 3.48. The third-order valence-electron chi connectivity index (χ3n) is 2.05. The summed E-state index contributed by atoms with van der Waals surface area (Å²) in [4.78, 5) is 11.7. The lowest BCUT2D eigenvalue weighted by molar-refractivity contribution is 0.0922. The van der Waals surface area contributed by atoms with Crippen LogP contribution in [0.15, 0.2) is 21.4 Å². The van der Waals surface area contributed by atoms with Crippen molar-refractivity contribution < 1.29 is 9.21 Å². The molecular formula is C10H13BrO2. The normalized spacial score (nSPS) is 12.8. The highest BCUT2D eigenvalue weighted by molar-refractivity contribution is 9.10. The minimum absolute atomic E-state index is 0.0823. The molecule has 0 saturated heterocycles. The maximum Gasteiger partial charge on any atom is 0.179 e. The lowest BCUT2D eigenvalue weighted by Gasteiger charge is -2.06. The highest BCUT2D eigenvalue weighted by Crippen LogP contribution is 2.22. The van der Waals surface area contributed by atoms with E-state index in [1.165, 1.54) is 6.26 Å². The number of rotatable bonds is 4. The first-order chi connectivity index (χ1) is 6.16. The standard InChI is InChI=1S/C10H13BrO2/c1-3-4-7(2)9(12)8-5-6-13-10(8)11/h5-7H,3-4H2,1-2H3. The molecule has 1 rings (SSSR count). The van der Waals surface area contributed by atoms with Gasteiger partial charge in [0.15, 0.2) is 10.5 Å². The van der Waals surface area contributed by atoms with E-state index in [-0.39, 0.29) is 11.7 Å². The number of halogens is 1. The molecule has 13 heavy (non-hydrogen) atoms. The van der Waals surface area contributed by atoms with E-state index in [4.69, 9.17) is 4.42 Å². The van der Waals surface area contributed by atoms with Crippen LogP contribution in [0.1, 0.15) is 37.0 Å². The van der Waals surface area contributed by atoms with Gasteiger partial charge in [-0.15, -0.1) is 0 Å². The largest absolute Gasteiger partial charge is 0.457 e. The van der Waals surface area contributed by atoms with E-state index < -0.39 is 0 Å². The molecule has 3 heteroatoms. The molecule has 1 unspecified atom stereocenters. The third-order valence-corrected chi connectivity index (χ3v) is 2.67. The first-order valence-electron chi connectivity index (χ1n) is 4.44. The molecule has 0 spiro atoms. The molecule has 0 amide bonds. The summed E-state index contributed by atoms with van der Waals surface area (Å²) in [5, 5.41) is 0. The maximum atomic E-state index is 11.7. The Balaban J connectivity index is 2.73. The van der Waals surface area contributed by atoms with Gasteiger partial charge in [0, 0.05) is 5.92 Å². The van der Waals surface area contributed by atoms with Crippen LogP contribution in [-0.2, 0) is 0 Å². The molecule has 72 valence electrons. The van der Waals surface area contributed by atoms with Gasteiger partial charge in [-0.25, -0.2) is 0 Å². The van der Waals surface area contributed by atoms with Crippen molar-refractivity contribution in [2.24, 2.45) is 5.92 Å². The first-order valence-corrected chi connectivity index (χ1v) is 5.23. The molecule has 0 aliphatic carbocycles. The Morgan fingerprint density at radius 2 is 2.38 bits per heavy atom. The van der Waals surface area contributed by atoms with Gasteiger partial charge < -0.3 is 4.42 Å². The summed E-state index contributed by atoms with van der Waals surface area (Å²) < 4.78 is 5.55. The van der Waals surface area contributed by atoms with Crippen LogP contribution < -0.4 is 0 Å². The number of ketones is 1. The van der Waals surface area contributed by atoms with Crippen LogP contribution in [0, 0.1) is 5.92 Å². The van der Waals surface area contributed by atoms with Crippen LogP contribution in [0.25, 0.3) is 0 Å². The zero-order valence-electron chi connectivity index (χ0n) is 7.84. The molecule has 1 aromatic heterocycles. The molecule has 0 fully saturated rings. The highest BCUT2D eigenvalue weighted by Gasteiger charge is 2.18. The zero-order chi connectivity index (χ0) is 9.84. The van der Waals surface area contributed by atoms with E-state index in [0.717, 1.165) is 12.8 Å².